The van der Waals surface area contributed by atoms with Gasteiger partial charge in [-0.1, -0.05) is 19.9 Å². The molecule has 1 aromatic rings. The number of amides is 1. The first-order valence-corrected chi connectivity index (χ1v) is 7.15. The van der Waals surface area contributed by atoms with Crippen molar-refractivity contribution in [2.45, 2.75) is 46.1 Å². The van der Waals surface area contributed by atoms with Crippen LogP contribution in [0.5, 0.6) is 0 Å². The molecule has 0 aliphatic carbocycles. The molecule has 0 unspecified atom stereocenters. The molecule has 0 radical (unpaired) electrons. The summed E-state index contributed by atoms with van der Waals surface area (Å²) in [5, 5.41) is 3.01. The molecule has 0 aliphatic heterocycles. The predicted molar refractivity (Wildman–Crippen MR) is 81.6 cm³/mol. The number of nitrogens with zero attached hydrogens (tertiary/aromatic N) is 1. The van der Waals surface area contributed by atoms with Crippen molar-refractivity contribution in [1.29, 1.82) is 0 Å². The number of hydrogen-bond donors (Lipinski definition) is 1. The molecule has 1 aromatic carbocycles. The summed E-state index contributed by atoms with van der Waals surface area (Å²) in [6.07, 6.45) is 1.71. The molecular weight excluding hydrogens is 255 g/mol. The third kappa shape index (κ3) is 3.50. The van der Waals surface area contributed by atoms with Crippen molar-refractivity contribution in [3.63, 3.8) is 0 Å². The third-order valence-corrected chi connectivity index (χ3v) is 3.87. The molecule has 20 heavy (non-hydrogen) atoms. The van der Waals surface area contributed by atoms with Crippen LogP contribution < -0.4 is 5.32 Å². The maximum Gasteiger partial charge on any atom is 0.256 e. The van der Waals surface area contributed by atoms with Gasteiger partial charge in [-0.05, 0) is 38.8 Å². The van der Waals surface area contributed by atoms with Gasteiger partial charge in [-0.15, -0.1) is 0 Å². The summed E-state index contributed by atoms with van der Waals surface area (Å²) in [6, 6.07) is 4.62. The van der Waals surface area contributed by atoms with Crippen LogP contribution in [0.2, 0.25) is 0 Å². The lowest BCUT2D eigenvalue weighted by Gasteiger charge is -2.35. The van der Waals surface area contributed by atoms with Gasteiger partial charge in [0.1, 0.15) is 5.82 Å². The van der Waals surface area contributed by atoms with Gasteiger partial charge in [-0.2, -0.15) is 0 Å². The summed E-state index contributed by atoms with van der Waals surface area (Å²) < 4.78 is 13.9. The zero-order chi connectivity index (χ0) is 15.3. The number of benzene rings is 1. The molecule has 112 valence electrons. The molecule has 1 amide bonds. The number of nitrogens with one attached hydrogen (secondary N) is 1. The highest BCUT2D eigenvalue weighted by molar-refractivity contribution is 6.00. The third-order valence-electron chi connectivity index (χ3n) is 3.87. The summed E-state index contributed by atoms with van der Waals surface area (Å²) in [6.45, 7) is 8.68. The molecule has 4 heteroatoms. The highest BCUT2D eigenvalue weighted by Gasteiger charge is 2.28. The van der Waals surface area contributed by atoms with Crippen LogP contribution in [0, 0.1) is 5.82 Å². The van der Waals surface area contributed by atoms with Gasteiger partial charge >= 0.3 is 0 Å². The average Bonchev–Trinajstić information content (AvgIpc) is 2.44. The first-order valence-electron chi connectivity index (χ1n) is 7.15. The maximum atomic E-state index is 13.9. The van der Waals surface area contributed by atoms with Gasteiger partial charge < -0.3 is 10.2 Å². The molecule has 3 nitrogen and oxygen atoms in total. The SMILES string of the molecule is CCCNc1c(F)cccc1C(=O)N(C)C(C)(C)CC. The lowest BCUT2D eigenvalue weighted by Crippen LogP contribution is -2.44. The van der Waals surface area contributed by atoms with Gasteiger partial charge in [0.25, 0.3) is 5.91 Å². The summed E-state index contributed by atoms with van der Waals surface area (Å²) in [5.41, 5.74) is 0.436. The fraction of sp³-hybridized carbons (Fsp3) is 0.562. The first kappa shape index (κ1) is 16.5. The van der Waals surface area contributed by atoms with Crippen molar-refractivity contribution in [2.75, 3.05) is 18.9 Å². The van der Waals surface area contributed by atoms with Crippen molar-refractivity contribution < 1.29 is 9.18 Å². The van der Waals surface area contributed by atoms with E-state index >= 15 is 0 Å². The van der Waals surface area contributed by atoms with Crippen LogP contribution in [0.25, 0.3) is 0 Å². The van der Waals surface area contributed by atoms with Gasteiger partial charge in [0.05, 0.1) is 11.3 Å². The molecule has 0 fully saturated rings. The van der Waals surface area contributed by atoms with Crippen molar-refractivity contribution in [3.8, 4) is 0 Å². The number of carbonyl (C=O) groups is 1. The molecule has 0 aliphatic rings. The van der Waals surface area contributed by atoms with Crippen LogP contribution in [0.3, 0.4) is 0 Å². The summed E-state index contributed by atoms with van der Waals surface area (Å²) in [5.74, 6) is -0.540. The van der Waals surface area contributed by atoms with E-state index in [0.29, 0.717) is 17.8 Å². The largest absolute Gasteiger partial charge is 0.382 e. The Morgan fingerprint density at radius 1 is 1.35 bits per heavy atom. The monoisotopic (exact) mass is 280 g/mol. The van der Waals surface area contributed by atoms with Crippen molar-refractivity contribution in [1.82, 2.24) is 4.90 Å². The second kappa shape index (κ2) is 6.73. The van der Waals surface area contributed by atoms with Crippen molar-refractivity contribution in [3.05, 3.63) is 29.6 Å². The van der Waals surface area contributed by atoms with Crippen LogP contribution in [0.1, 0.15) is 50.9 Å². The fourth-order valence-electron chi connectivity index (χ4n) is 1.82. The summed E-state index contributed by atoms with van der Waals surface area (Å²) in [7, 11) is 1.76. The van der Waals surface area contributed by atoms with Crippen LogP contribution in [0.15, 0.2) is 18.2 Å². The van der Waals surface area contributed by atoms with Gasteiger partial charge in [0, 0.05) is 19.1 Å². The topological polar surface area (TPSA) is 32.3 Å². The van der Waals surface area contributed by atoms with Gasteiger partial charge in [0.15, 0.2) is 0 Å². The van der Waals surface area contributed by atoms with Crippen LogP contribution in [0.4, 0.5) is 10.1 Å². The molecule has 0 bridgehead atoms. The van der Waals surface area contributed by atoms with Gasteiger partial charge in [-0.25, -0.2) is 4.39 Å². The maximum absolute atomic E-state index is 13.9. The average molecular weight is 280 g/mol. The minimum absolute atomic E-state index is 0.157. The predicted octanol–water partition coefficient (Wildman–Crippen LogP) is 3.91. The van der Waals surface area contributed by atoms with Gasteiger partial charge in [-0.3, -0.25) is 4.79 Å². The Labute approximate surface area is 121 Å². The number of halogens is 1. The smallest absolute Gasteiger partial charge is 0.256 e. The summed E-state index contributed by atoms with van der Waals surface area (Å²) in [4.78, 5) is 14.3. The molecule has 0 saturated carbocycles. The number of rotatable bonds is 6. The lowest BCUT2D eigenvalue weighted by atomic mass is 9.98. The van der Waals surface area contributed by atoms with E-state index in [9.17, 15) is 9.18 Å². The van der Waals surface area contributed by atoms with E-state index in [1.807, 2.05) is 27.7 Å². The summed E-state index contributed by atoms with van der Waals surface area (Å²) >= 11 is 0. The van der Waals surface area contributed by atoms with Crippen molar-refractivity contribution >= 4 is 11.6 Å². The van der Waals surface area contributed by atoms with E-state index < -0.39 is 0 Å². The molecule has 0 spiro atoms. The molecule has 0 atom stereocenters. The Morgan fingerprint density at radius 3 is 2.55 bits per heavy atom. The second-order valence-electron chi connectivity index (χ2n) is 5.62. The molecule has 0 aromatic heterocycles. The minimum Gasteiger partial charge on any atom is -0.382 e. The van der Waals surface area contributed by atoms with Crippen LogP contribution in [-0.4, -0.2) is 29.9 Å². The number of hydrogen-bond acceptors (Lipinski definition) is 2. The molecule has 1 N–H and O–H groups in total. The number of para-hydroxylation sites is 1. The minimum atomic E-state index is -0.382. The highest BCUT2D eigenvalue weighted by atomic mass is 19.1. The Balaban J connectivity index is 3.12. The van der Waals surface area contributed by atoms with E-state index in [1.54, 1.807) is 24.1 Å². The Bertz CT molecular complexity index is 472. The van der Waals surface area contributed by atoms with E-state index in [1.165, 1.54) is 6.07 Å². The Kier molecular flexibility index (Phi) is 5.54. The quantitative estimate of drug-likeness (QED) is 0.857. The standard InChI is InChI=1S/C16H25FN2O/c1-6-11-18-14-12(9-8-10-13(14)17)15(20)19(5)16(3,4)7-2/h8-10,18H,6-7,11H2,1-5H3. The zero-order valence-electron chi connectivity index (χ0n) is 13.1. The van der Waals surface area contributed by atoms with E-state index in [0.717, 1.165) is 12.8 Å². The Morgan fingerprint density at radius 2 is 2.00 bits per heavy atom. The Hall–Kier alpha value is -1.58. The highest BCUT2D eigenvalue weighted by Crippen LogP contribution is 2.25. The molecule has 0 saturated heterocycles. The lowest BCUT2D eigenvalue weighted by molar-refractivity contribution is 0.0621. The normalized spacial score (nSPS) is 11.3. The van der Waals surface area contributed by atoms with E-state index in [4.69, 9.17) is 0 Å². The molecule has 1 rings (SSSR count). The second-order valence-corrected chi connectivity index (χ2v) is 5.62. The van der Waals surface area contributed by atoms with E-state index in [-0.39, 0.29) is 17.3 Å². The van der Waals surface area contributed by atoms with Crippen LogP contribution >= 0.6 is 0 Å². The van der Waals surface area contributed by atoms with Crippen LogP contribution in [-0.2, 0) is 0 Å². The zero-order valence-corrected chi connectivity index (χ0v) is 13.1. The van der Waals surface area contributed by atoms with E-state index in [2.05, 4.69) is 5.32 Å². The first-order chi connectivity index (χ1) is 9.35. The number of carbonyl (C=O) groups excluding carboxylic acids is 1. The van der Waals surface area contributed by atoms with Crippen molar-refractivity contribution in [2.24, 2.45) is 0 Å². The fourth-order valence-corrected chi connectivity index (χ4v) is 1.82. The number of anilines is 1. The molecular formula is C16H25FN2O. The molecule has 0 heterocycles. The van der Waals surface area contributed by atoms with Gasteiger partial charge in [0.2, 0.25) is 0 Å².